The molecule has 0 amide bonds. The van der Waals surface area contributed by atoms with E-state index in [0.29, 0.717) is 10.9 Å². The van der Waals surface area contributed by atoms with Crippen molar-refractivity contribution in [2.24, 2.45) is 0 Å². The Kier molecular flexibility index (Phi) is 4.00. The number of aliphatic hydroxyl groups is 1. The number of aliphatic hydroxyl groups excluding tert-OH is 1. The van der Waals surface area contributed by atoms with Crippen molar-refractivity contribution in [3.8, 4) is 0 Å². The highest BCUT2D eigenvalue weighted by molar-refractivity contribution is 6.29. The molecular weight excluding hydrogens is 280 g/mol. The van der Waals surface area contributed by atoms with Gasteiger partial charge < -0.3 is 10.0 Å². The summed E-state index contributed by atoms with van der Waals surface area (Å²) in [4.78, 5) is 12.7. The van der Waals surface area contributed by atoms with Crippen molar-refractivity contribution >= 4 is 23.2 Å². The van der Waals surface area contributed by atoms with Crippen molar-refractivity contribution < 1.29 is 5.11 Å². The van der Waals surface area contributed by atoms with Crippen LogP contribution < -0.4 is 4.90 Å². The summed E-state index contributed by atoms with van der Waals surface area (Å²) in [6.07, 6.45) is 2.52. The van der Waals surface area contributed by atoms with Crippen molar-refractivity contribution in [2.45, 2.75) is 6.42 Å². The van der Waals surface area contributed by atoms with Gasteiger partial charge in [-0.05, 0) is 13.0 Å². The van der Waals surface area contributed by atoms with Crippen molar-refractivity contribution in [2.75, 3.05) is 44.2 Å². The molecule has 3 rings (SSSR count). The van der Waals surface area contributed by atoms with Crippen molar-refractivity contribution in [1.82, 2.24) is 24.5 Å². The van der Waals surface area contributed by atoms with Crippen LogP contribution in [0.5, 0.6) is 0 Å². The summed E-state index contributed by atoms with van der Waals surface area (Å²) in [6, 6.07) is 1.82. The molecule has 1 fully saturated rings. The Morgan fingerprint density at radius 3 is 3.00 bits per heavy atom. The van der Waals surface area contributed by atoms with Crippen LogP contribution in [0.15, 0.2) is 12.4 Å². The number of aromatic nitrogens is 4. The van der Waals surface area contributed by atoms with Crippen molar-refractivity contribution in [3.05, 3.63) is 17.5 Å². The summed E-state index contributed by atoms with van der Waals surface area (Å²) in [5.74, 6) is 1.44. The molecule has 7 nitrogen and oxygen atoms in total. The molecule has 1 saturated heterocycles. The molecule has 0 unspecified atom stereocenters. The molecule has 20 heavy (non-hydrogen) atoms. The molecule has 2 aromatic rings. The fraction of sp³-hybridized carbons (Fsp3) is 0.583. The molecule has 1 aliphatic rings. The largest absolute Gasteiger partial charge is 0.395 e. The molecule has 0 aliphatic carbocycles. The summed E-state index contributed by atoms with van der Waals surface area (Å²) < 4.78 is 1.72. The SMILES string of the molecule is OCCN1CCCN(c2cc(Cl)nc3ncnn23)CC1. The Bertz CT molecular complexity index is 588. The van der Waals surface area contributed by atoms with Crippen LogP contribution in [0.3, 0.4) is 0 Å². The number of halogens is 1. The lowest BCUT2D eigenvalue weighted by molar-refractivity contribution is 0.204. The first-order valence-corrected chi connectivity index (χ1v) is 7.10. The van der Waals surface area contributed by atoms with Crippen molar-refractivity contribution in [3.63, 3.8) is 0 Å². The van der Waals surface area contributed by atoms with E-state index in [1.54, 1.807) is 4.52 Å². The lowest BCUT2D eigenvalue weighted by Crippen LogP contribution is -2.33. The lowest BCUT2D eigenvalue weighted by atomic mass is 10.3. The predicted molar refractivity (Wildman–Crippen MR) is 76.1 cm³/mol. The molecule has 0 saturated carbocycles. The third-order valence-corrected chi connectivity index (χ3v) is 3.72. The first kappa shape index (κ1) is 13.5. The van der Waals surface area contributed by atoms with Gasteiger partial charge in [0.1, 0.15) is 17.3 Å². The number of fused-ring (bicyclic) bond motifs is 1. The Hall–Kier alpha value is -1.44. The van der Waals surface area contributed by atoms with Gasteiger partial charge in [0.15, 0.2) is 0 Å². The number of hydrogen-bond acceptors (Lipinski definition) is 6. The number of rotatable bonds is 3. The summed E-state index contributed by atoms with van der Waals surface area (Å²) in [7, 11) is 0. The fourth-order valence-electron chi connectivity index (χ4n) is 2.56. The van der Waals surface area contributed by atoms with Crippen LogP contribution in [0.1, 0.15) is 6.42 Å². The maximum atomic E-state index is 9.04. The maximum absolute atomic E-state index is 9.04. The first-order chi connectivity index (χ1) is 9.78. The van der Waals surface area contributed by atoms with E-state index < -0.39 is 0 Å². The quantitative estimate of drug-likeness (QED) is 0.821. The van der Waals surface area contributed by atoms with E-state index in [9.17, 15) is 0 Å². The van der Waals surface area contributed by atoms with Gasteiger partial charge in [-0.3, -0.25) is 4.90 Å². The van der Waals surface area contributed by atoms with E-state index >= 15 is 0 Å². The zero-order valence-electron chi connectivity index (χ0n) is 11.1. The molecule has 3 heterocycles. The molecule has 2 aromatic heterocycles. The normalized spacial score (nSPS) is 17.6. The number of β-amino-alcohol motifs (C(OH)–C–C–N with tert-alkyl or cyclic N) is 1. The van der Waals surface area contributed by atoms with Crippen LogP contribution in [0.2, 0.25) is 5.15 Å². The van der Waals surface area contributed by atoms with Gasteiger partial charge in [-0.2, -0.15) is 19.6 Å². The Morgan fingerprint density at radius 1 is 1.25 bits per heavy atom. The van der Waals surface area contributed by atoms with Gasteiger partial charge in [-0.15, -0.1) is 0 Å². The Labute approximate surface area is 121 Å². The predicted octanol–water partition coefficient (Wildman–Crippen LogP) is 0.282. The van der Waals surface area contributed by atoms with Crippen LogP contribution in [0.4, 0.5) is 5.82 Å². The van der Waals surface area contributed by atoms with E-state index in [1.165, 1.54) is 6.33 Å². The topological polar surface area (TPSA) is 69.8 Å². The van der Waals surface area contributed by atoms with Gasteiger partial charge in [0, 0.05) is 32.2 Å². The second-order valence-corrected chi connectivity index (χ2v) is 5.20. The van der Waals surface area contributed by atoms with Crippen LogP contribution >= 0.6 is 11.6 Å². The molecule has 1 aliphatic heterocycles. The third kappa shape index (κ3) is 2.70. The van der Waals surface area contributed by atoms with Crippen LogP contribution in [0.25, 0.3) is 5.78 Å². The summed E-state index contributed by atoms with van der Waals surface area (Å²) in [5, 5.41) is 13.7. The highest BCUT2D eigenvalue weighted by atomic mass is 35.5. The minimum Gasteiger partial charge on any atom is -0.395 e. The highest BCUT2D eigenvalue weighted by Gasteiger charge is 2.18. The number of nitrogens with zero attached hydrogens (tertiary/aromatic N) is 6. The molecule has 108 valence electrons. The second-order valence-electron chi connectivity index (χ2n) is 4.81. The maximum Gasteiger partial charge on any atom is 0.255 e. The zero-order valence-corrected chi connectivity index (χ0v) is 11.9. The standard InChI is InChI=1S/C12H17ClN6O/c13-10-8-11(19-12(16-10)14-9-15-19)18-3-1-2-17(4-5-18)6-7-20/h8-9,20H,1-7H2. The molecule has 8 heteroatoms. The Balaban J connectivity index is 1.85. The highest BCUT2D eigenvalue weighted by Crippen LogP contribution is 2.20. The van der Waals surface area contributed by atoms with Gasteiger partial charge in [0.05, 0.1) is 6.61 Å². The third-order valence-electron chi connectivity index (χ3n) is 3.53. The fourth-order valence-corrected chi connectivity index (χ4v) is 2.73. The van der Waals surface area contributed by atoms with E-state index in [-0.39, 0.29) is 6.61 Å². The minimum absolute atomic E-state index is 0.203. The molecule has 0 bridgehead atoms. The van der Waals surface area contributed by atoms with E-state index in [4.69, 9.17) is 16.7 Å². The van der Waals surface area contributed by atoms with Gasteiger partial charge in [-0.1, -0.05) is 11.6 Å². The minimum atomic E-state index is 0.203. The average molecular weight is 297 g/mol. The van der Waals surface area contributed by atoms with E-state index in [1.807, 2.05) is 6.07 Å². The molecular formula is C12H17ClN6O. The average Bonchev–Trinajstić information content (AvgIpc) is 2.77. The number of anilines is 1. The molecule has 0 atom stereocenters. The van der Waals surface area contributed by atoms with Crippen LogP contribution in [0, 0.1) is 0 Å². The van der Waals surface area contributed by atoms with E-state index in [0.717, 1.165) is 45.0 Å². The van der Waals surface area contributed by atoms with Crippen molar-refractivity contribution in [1.29, 1.82) is 0 Å². The molecule has 0 aromatic carbocycles. The molecule has 0 spiro atoms. The lowest BCUT2D eigenvalue weighted by Gasteiger charge is -2.23. The zero-order chi connectivity index (χ0) is 13.9. The molecule has 1 N–H and O–H groups in total. The monoisotopic (exact) mass is 296 g/mol. The summed E-state index contributed by atoms with van der Waals surface area (Å²) in [5.41, 5.74) is 0. The van der Waals surface area contributed by atoms with Gasteiger partial charge in [0.2, 0.25) is 0 Å². The van der Waals surface area contributed by atoms with Crippen LogP contribution in [-0.2, 0) is 0 Å². The Morgan fingerprint density at radius 2 is 2.15 bits per heavy atom. The van der Waals surface area contributed by atoms with E-state index in [2.05, 4.69) is 24.9 Å². The van der Waals surface area contributed by atoms with Gasteiger partial charge in [-0.25, -0.2) is 0 Å². The van der Waals surface area contributed by atoms with Crippen LogP contribution in [-0.4, -0.2) is 68.9 Å². The second kappa shape index (κ2) is 5.90. The number of hydrogen-bond donors (Lipinski definition) is 1. The smallest absolute Gasteiger partial charge is 0.255 e. The first-order valence-electron chi connectivity index (χ1n) is 6.72. The van der Waals surface area contributed by atoms with Gasteiger partial charge >= 0.3 is 0 Å². The molecule has 0 radical (unpaired) electrons. The van der Waals surface area contributed by atoms with Gasteiger partial charge in [0.25, 0.3) is 5.78 Å². The summed E-state index contributed by atoms with van der Waals surface area (Å²) in [6.45, 7) is 4.64. The summed E-state index contributed by atoms with van der Waals surface area (Å²) >= 11 is 6.06.